The van der Waals surface area contributed by atoms with Crippen molar-refractivity contribution >= 4 is 11.9 Å². The number of rotatable bonds is 8. The second-order valence-electron chi connectivity index (χ2n) is 6.15. The van der Waals surface area contributed by atoms with Gasteiger partial charge in [0.15, 0.2) is 0 Å². The first-order valence-electron chi connectivity index (χ1n) is 8.53. The highest BCUT2D eigenvalue weighted by molar-refractivity contribution is 5.96. The lowest BCUT2D eigenvalue weighted by molar-refractivity contribution is -0.137. The molecule has 0 saturated carbocycles. The summed E-state index contributed by atoms with van der Waals surface area (Å²) >= 11 is 0. The molecule has 6 nitrogen and oxygen atoms in total. The molecule has 1 atom stereocenters. The number of nitrogens with zero attached hydrogens (tertiary/aromatic N) is 2. The lowest BCUT2D eigenvalue weighted by atomic mass is 10.0. The molecule has 1 aromatic heterocycles. The van der Waals surface area contributed by atoms with E-state index in [1.807, 2.05) is 51.1 Å². The Balaban J connectivity index is 2.16. The van der Waals surface area contributed by atoms with Crippen LogP contribution in [0.3, 0.4) is 0 Å². The van der Waals surface area contributed by atoms with Gasteiger partial charge in [-0.25, -0.2) is 0 Å². The van der Waals surface area contributed by atoms with Gasteiger partial charge in [0.05, 0.1) is 11.3 Å². The molecule has 0 aliphatic heterocycles. The molecule has 0 fully saturated rings. The molecule has 2 rings (SSSR count). The van der Waals surface area contributed by atoms with Gasteiger partial charge in [0.1, 0.15) is 0 Å². The molecule has 1 heterocycles. The largest absolute Gasteiger partial charge is 0.481 e. The number of carbonyl (C=O) groups is 2. The Hall–Kier alpha value is -2.63. The van der Waals surface area contributed by atoms with E-state index in [2.05, 4.69) is 10.4 Å². The second kappa shape index (κ2) is 8.46. The summed E-state index contributed by atoms with van der Waals surface area (Å²) < 4.78 is 1.80. The Bertz CT molecular complexity index is 738. The van der Waals surface area contributed by atoms with Crippen LogP contribution in [0.2, 0.25) is 0 Å². The Kier molecular flexibility index (Phi) is 6.33. The molecule has 0 spiro atoms. The van der Waals surface area contributed by atoms with Crippen molar-refractivity contribution in [3.8, 4) is 0 Å². The number of aromatic nitrogens is 2. The summed E-state index contributed by atoms with van der Waals surface area (Å²) in [5.74, 6) is -1.06. The monoisotopic (exact) mass is 343 g/mol. The van der Waals surface area contributed by atoms with Crippen LogP contribution >= 0.6 is 0 Å². The molecule has 0 saturated heterocycles. The van der Waals surface area contributed by atoms with E-state index in [9.17, 15) is 9.59 Å². The molecule has 0 radical (unpaired) electrons. The van der Waals surface area contributed by atoms with E-state index in [1.165, 1.54) is 0 Å². The van der Waals surface area contributed by atoms with E-state index < -0.39 is 5.97 Å². The number of carbonyl (C=O) groups excluding carboxylic acids is 1. The number of aliphatic carboxylic acids is 1. The number of aryl methyl sites for hydroxylation is 2. The van der Waals surface area contributed by atoms with Gasteiger partial charge in [0.2, 0.25) is 0 Å². The van der Waals surface area contributed by atoms with Gasteiger partial charge in [-0.1, -0.05) is 30.3 Å². The fourth-order valence-electron chi connectivity index (χ4n) is 3.01. The van der Waals surface area contributed by atoms with Crippen LogP contribution in [0.4, 0.5) is 0 Å². The summed E-state index contributed by atoms with van der Waals surface area (Å²) in [7, 11) is 0. The number of benzene rings is 1. The van der Waals surface area contributed by atoms with Gasteiger partial charge in [0.25, 0.3) is 5.91 Å². The second-order valence-corrected chi connectivity index (χ2v) is 6.15. The van der Waals surface area contributed by atoms with Crippen LogP contribution in [0.5, 0.6) is 0 Å². The quantitative estimate of drug-likeness (QED) is 0.772. The first-order chi connectivity index (χ1) is 11.9. The predicted molar refractivity (Wildman–Crippen MR) is 95.6 cm³/mol. The predicted octanol–water partition coefficient (Wildman–Crippen LogP) is 2.73. The summed E-state index contributed by atoms with van der Waals surface area (Å²) in [5.41, 5.74) is 3.16. The van der Waals surface area contributed by atoms with E-state index in [0.717, 1.165) is 11.3 Å². The van der Waals surface area contributed by atoms with E-state index in [1.54, 1.807) is 4.68 Å². The van der Waals surface area contributed by atoms with E-state index >= 15 is 0 Å². The zero-order valence-corrected chi connectivity index (χ0v) is 15.0. The molecule has 1 amide bonds. The van der Waals surface area contributed by atoms with E-state index in [4.69, 9.17) is 5.11 Å². The average Bonchev–Trinajstić information content (AvgIpc) is 2.87. The molecule has 0 aliphatic carbocycles. The van der Waals surface area contributed by atoms with Crippen molar-refractivity contribution < 1.29 is 14.7 Å². The van der Waals surface area contributed by atoms with Crippen molar-refractivity contribution in [1.82, 2.24) is 15.1 Å². The Morgan fingerprint density at radius 1 is 1.24 bits per heavy atom. The summed E-state index contributed by atoms with van der Waals surface area (Å²) in [6.07, 6.45) is 1.000. The lowest BCUT2D eigenvalue weighted by Gasteiger charge is -2.18. The molecule has 2 aromatic rings. The molecule has 1 aromatic carbocycles. The summed E-state index contributed by atoms with van der Waals surface area (Å²) in [6.45, 7) is 6.37. The molecule has 6 heteroatoms. The minimum Gasteiger partial charge on any atom is -0.481 e. The molecule has 0 bridgehead atoms. The third kappa shape index (κ3) is 4.92. The van der Waals surface area contributed by atoms with E-state index in [0.29, 0.717) is 30.6 Å². The molecule has 2 N–H and O–H groups in total. The van der Waals surface area contributed by atoms with Crippen molar-refractivity contribution in [2.45, 2.75) is 52.6 Å². The zero-order chi connectivity index (χ0) is 18.4. The van der Waals surface area contributed by atoms with Gasteiger partial charge in [0, 0.05) is 24.7 Å². The number of amides is 1. The van der Waals surface area contributed by atoms with Crippen molar-refractivity contribution in [3.63, 3.8) is 0 Å². The lowest BCUT2D eigenvalue weighted by Crippen LogP contribution is -2.37. The van der Waals surface area contributed by atoms with Gasteiger partial charge in [-0.05, 0) is 39.2 Å². The van der Waals surface area contributed by atoms with Crippen molar-refractivity contribution in [2.24, 2.45) is 0 Å². The highest BCUT2D eigenvalue weighted by Crippen LogP contribution is 2.15. The number of carboxylic acid groups (broad SMARTS) is 1. The van der Waals surface area contributed by atoms with Gasteiger partial charge >= 0.3 is 5.97 Å². The zero-order valence-electron chi connectivity index (χ0n) is 15.0. The van der Waals surface area contributed by atoms with Gasteiger partial charge in [-0.2, -0.15) is 5.10 Å². The maximum Gasteiger partial charge on any atom is 0.303 e. The fourth-order valence-corrected chi connectivity index (χ4v) is 3.01. The topological polar surface area (TPSA) is 84.2 Å². The van der Waals surface area contributed by atoms with Gasteiger partial charge in [-0.3, -0.25) is 14.3 Å². The Labute approximate surface area is 147 Å². The number of hydrogen-bond donors (Lipinski definition) is 2. The third-order valence-corrected chi connectivity index (χ3v) is 4.27. The van der Waals surface area contributed by atoms with Crippen LogP contribution in [0.25, 0.3) is 0 Å². The molecular weight excluding hydrogens is 318 g/mol. The number of hydrogen-bond acceptors (Lipinski definition) is 3. The first kappa shape index (κ1) is 18.7. The first-order valence-corrected chi connectivity index (χ1v) is 8.53. The van der Waals surface area contributed by atoms with Crippen LogP contribution < -0.4 is 5.32 Å². The van der Waals surface area contributed by atoms with Gasteiger partial charge in [-0.15, -0.1) is 0 Å². The molecule has 0 aliphatic rings. The highest BCUT2D eigenvalue weighted by Gasteiger charge is 2.21. The van der Waals surface area contributed by atoms with Crippen molar-refractivity contribution in [2.75, 3.05) is 0 Å². The van der Waals surface area contributed by atoms with Crippen LogP contribution in [-0.2, 0) is 17.8 Å². The highest BCUT2D eigenvalue weighted by atomic mass is 16.4. The normalized spacial score (nSPS) is 12.0. The Morgan fingerprint density at radius 2 is 1.92 bits per heavy atom. The summed E-state index contributed by atoms with van der Waals surface area (Å²) in [4.78, 5) is 23.7. The molecule has 1 unspecified atom stereocenters. The Morgan fingerprint density at radius 3 is 2.48 bits per heavy atom. The number of nitrogens with one attached hydrogen (secondary N) is 1. The van der Waals surface area contributed by atoms with Crippen LogP contribution in [-0.4, -0.2) is 32.8 Å². The minimum absolute atomic E-state index is 0.0178. The van der Waals surface area contributed by atoms with Crippen molar-refractivity contribution in [1.29, 1.82) is 0 Å². The summed E-state index contributed by atoms with van der Waals surface area (Å²) in [5, 5.41) is 16.4. The average molecular weight is 343 g/mol. The van der Waals surface area contributed by atoms with Crippen molar-refractivity contribution in [3.05, 3.63) is 52.8 Å². The standard InChI is InChI=1S/C19H25N3O3/c1-4-22-14(3)18(13(2)21-22)19(25)20-16(10-11-17(23)24)12-15-8-6-5-7-9-15/h5-9,16H,4,10-12H2,1-3H3,(H,20,25)(H,23,24). The van der Waals surface area contributed by atoms with Gasteiger partial charge < -0.3 is 10.4 Å². The molecular formula is C19H25N3O3. The SMILES string of the molecule is CCn1nc(C)c(C(=O)NC(CCC(=O)O)Cc2ccccc2)c1C. The molecule has 134 valence electrons. The van der Waals surface area contributed by atoms with Crippen LogP contribution in [0.15, 0.2) is 30.3 Å². The number of carboxylic acids is 1. The van der Waals surface area contributed by atoms with E-state index in [-0.39, 0.29) is 18.4 Å². The third-order valence-electron chi connectivity index (χ3n) is 4.27. The smallest absolute Gasteiger partial charge is 0.303 e. The van der Waals surface area contributed by atoms with Crippen LogP contribution in [0, 0.1) is 13.8 Å². The maximum atomic E-state index is 12.7. The fraction of sp³-hybridized carbons (Fsp3) is 0.421. The molecule has 25 heavy (non-hydrogen) atoms. The summed E-state index contributed by atoms with van der Waals surface area (Å²) in [6, 6.07) is 9.52. The van der Waals surface area contributed by atoms with Crippen LogP contribution in [0.1, 0.15) is 47.1 Å². The maximum absolute atomic E-state index is 12.7. The minimum atomic E-state index is -0.863.